The maximum absolute atomic E-state index is 5.32. The summed E-state index contributed by atoms with van der Waals surface area (Å²) in [5.41, 5.74) is 9.11. The topological polar surface area (TPSA) is 22.1 Å². The Balaban J connectivity index is 2.00. The van der Waals surface area contributed by atoms with Crippen LogP contribution in [0.25, 0.3) is 33.6 Å². The van der Waals surface area contributed by atoms with E-state index in [-0.39, 0.29) is 0 Å². The minimum absolute atomic E-state index is 0.847. The van der Waals surface area contributed by atoms with E-state index >= 15 is 0 Å². The molecule has 138 valence electrons. The lowest BCUT2D eigenvalue weighted by molar-refractivity contribution is 0.415. The van der Waals surface area contributed by atoms with Crippen LogP contribution in [-0.4, -0.2) is 12.1 Å². The second kappa shape index (κ2) is 7.69. The number of nitrogens with zero attached hydrogens (tertiary/aromatic N) is 1. The van der Waals surface area contributed by atoms with Crippen molar-refractivity contribution in [3.63, 3.8) is 0 Å². The van der Waals surface area contributed by atoms with Crippen molar-refractivity contribution in [2.75, 3.05) is 7.11 Å². The van der Waals surface area contributed by atoms with Gasteiger partial charge in [0.05, 0.1) is 18.5 Å². The summed E-state index contributed by atoms with van der Waals surface area (Å²) in [5, 5.41) is 0. The normalized spacial score (nSPS) is 10.7. The first-order chi connectivity index (χ1) is 13.7. The van der Waals surface area contributed by atoms with Gasteiger partial charge in [-0.1, -0.05) is 60.7 Å². The second-order valence-electron chi connectivity index (χ2n) is 6.89. The largest absolute Gasteiger partial charge is 0.497 e. The molecule has 0 aliphatic heterocycles. The highest BCUT2D eigenvalue weighted by molar-refractivity contribution is 5.84. The van der Waals surface area contributed by atoms with E-state index < -0.39 is 0 Å². The van der Waals surface area contributed by atoms with Gasteiger partial charge in [-0.25, -0.2) is 4.98 Å². The number of methoxy groups -OCH3 is 1. The van der Waals surface area contributed by atoms with Crippen molar-refractivity contribution in [2.45, 2.75) is 13.8 Å². The molecule has 28 heavy (non-hydrogen) atoms. The molecule has 1 aromatic heterocycles. The van der Waals surface area contributed by atoms with Crippen LogP contribution in [0.15, 0.2) is 84.9 Å². The Morgan fingerprint density at radius 3 is 1.54 bits per heavy atom. The van der Waals surface area contributed by atoms with Crippen LogP contribution in [-0.2, 0) is 0 Å². The molecule has 0 aliphatic rings. The van der Waals surface area contributed by atoms with Crippen LogP contribution >= 0.6 is 0 Å². The summed E-state index contributed by atoms with van der Waals surface area (Å²) in [5.74, 6) is 0.847. The Kier molecular flexibility index (Phi) is 4.94. The number of rotatable bonds is 4. The van der Waals surface area contributed by atoms with Crippen LogP contribution in [0.4, 0.5) is 0 Å². The molecule has 1 heterocycles. The molecule has 0 fully saturated rings. The molecule has 2 nitrogen and oxygen atoms in total. The van der Waals surface area contributed by atoms with Gasteiger partial charge in [0, 0.05) is 11.1 Å². The highest BCUT2D eigenvalue weighted by Crippen LogP contribution is 2.38. The maximum Gasteiger partial charge on any atom is 0.118 e. The van der Waals surface area contributed by atoms with Crippen LogP contribution in [0, 0.1) is 13.8 Å². The van der Waals surface area contributed by atoms with Gasteiger partial charge >= 0.3 is 0 Å². The molecule has 0 unspecified atom stereocenters. The van der Waals surface area contributed by atoms with Gasteiger partial charge in [0.2, 0.25) is 0 Å². The predicted molar refractivity (Wildman–Crippen MR) is 117 cm³/mol. The van der Waals surface area contributed by atoms with Crippen molar-refractivity contribution in [3.05, 3.63) is 96.1 Å². The van der Waals surface area contributed by atoms with E-state index in [2.05, 4.69) is 80.6 Å². The first-order valence-corrected chi connectivity index (χ1v) is 9.45. The molecule has 0 saturated carbocycles. The quantitative estimate of drug-likeness (QED) is 0.401. The van der Waals surface area contributed by atoms with Gasteiger partial charge in [-0.3, -0.25) is 0 Å². The first-order valence-electron chi connectivity index (χ1n) is 9.45. The molecule has 0 atom stereocenters. The van der Waals surface area contributed by atoms with Crippen molar-refractivity contribution in [1.82, 2.24) is 4.98 Å². The molecule has 4 rings (SSSR count). The Morgan fingerprint density at radius 2 is 1.04 bits per heavy atom. The Labute approximate surface area is 166 Å². The lowest BCUT2D eigenvalue weighted by Gasteiger charge is -2.18. The van der Waals surface area contributed by atoms with Crippen molar-refractivity contribution in [3.8, 4) is 39.4 Å². The summed E-state index contributed by atoms with van der Waals surface area (Å²) in [6.07, 6.45) is 0. The maximum atomic E-state index is 5.32. The van der Waals surface area contributed by atoms with Crippen molar-refractivity contribution in [1.29, 1.82) is 0 Å². The summed E-state index contributed by atoms with van der Waals surface area (Å²) in [6.45, 7) is 4.33. The molecule has 0 radical (unpaired) electrons. The highest BCUT2D eigenvalue weighted by atomic mass is 16.5. The average Bonchev–Trinajstić information content (AvgIpc) is 2.75. The third-order valence-corrected chi connectivity index (χ3v) is 5.16. The van der Waals surface area contributed by atoms with E-state index in [4.69, 9.17) is 9.72 Å². The number of pyridine rings is 1. The summed E-state index contributed by atoms with van der Waals surface area (Å²) in [4.78, 5) is 5.11. The molecule has 0 saturated heterocycles. The molecule has 2 heteroatoms. The van der Waals surface area contributed by atoms with Gasteiger partial charge in [-0.15, -0.1) is 0 Å². The van der Waals surface area contributed by atoms with E-state index in [1.165, 1.54) is 22.3 Å². The number of hydrogen-bond donors (Lipinski definition) is 0. The molecule has 0 N–H and O–H groups in total. The SMILES string of the molecule is COc1ccc(-c2nc(-c3ccccc3)c(C)c(-c3ccccc3)c2C)cc1. The molecule has 0 amide bonds. The van der Waals surface area contributed by atoms with Crippen LogP contribution in [0.3, 0.4) is 0 Å². The molecular formula is C26H23NO. The van der Waals surface area contributed by atoms with Gasteiger partial charge in [-0.2, -0.15) is 0 Å². The summed E-state index contributed by atoms with van der Waals surface area (Å²) >= 11 is 0. The minimum atomic E-state index is 0.847. The molecule has 0 aliphatic carbocycles. The van der Waals surface area contributed by atoms with Crippen LogP contribution in [0.1, 0.15) is 11.1 Å². The number of aromatic nitrogens is 1. The fraction of sp³-hybridized carbons (Fsp3) is 0.115. The smallest absolute Gasteiger partial charge is 0.118 e. The van der Waals surface area contributed by atoms with E-state index in [1.54, 1.807) is 7.11 Å². The van der Waals surface area contributed by atoms with E-state index in [0.29, 0.717) is 0 Å². The molecule has 3 aromatic carbocycles. The zero-order chi connectivity index (χ0) is 19.5. The van der Waals surface area contributed by atoms with Gasteiger partial charge in [0.15, 0.2) is 0 Å². The highest BCUT2D eigenvalue weighted by Gasteiger charge is 2.18. The fourth-order valence-electron chi connectivity index (χ4n) is 3.74. The first kappa shape index (κ1) is 18.0. The van der Waals surface area contributed by atoms with Gasteiger partial charge in [-0.05, 0) is 60.4 Å². The Hall–Kier alpha value is -3.39. The standard InChI is InChI=1S/C26H23NO/c1-18-24(20-10-6-4-7-11-20)19(2)26(22-14-16-23(28-3)17-15-22)27-25(18)21-12-8-5-9-13-21/h4-17H,1-3H3. The lowest BCUT2D eigenvalue weighted by atomic mass is 9.90. The average molecular weight is 365 g/mol. The Morgan fingerprint density at radius 1 is 0.571 bits per heavy atom. The fourth-order valence-corrected chi connectivity index (χ4v) is 3.74. The van der Waals surface area contributed by atoms with Crippen molar-refractivity contribution < 1.29 is 4.74 Å². The zero-order valence-corrected chi connectivity index (χ0v) is 16.4. The number of hydrogen-bond acceptors (Lipinski definition) is 2. The lowest BCUT2D eigenvalue weighted by Crippen LogP contribution is -2.00. The van der Waals surface area contributed by atoms with Gasteiger partial charge in [0.25, 0.3) is 0 Å². The number of benzene rings is 3. The Bertz CT molecular complexity index is 1080. The van der Waals surface area contributed by atoms with E-state index in [1.807, 2.05) is 18.2 Å². The number of ether oxygens (including phenoxy) is 1. The zero-order valence-electron chi connectivity index (χ0n) is 16.4. The molecule has 4 aromatic rings. The van der Waals surface area contributed by atoms with Crippen LogP contribution < -0.4 is 4.74 Å². The second-order valence-corrected chi connectivity index (χ2v) is 6.89. The third kappa shape index (κ3) is 3.29. The molecule has 0 spiro atoms. The molecular weight excluding hydrogens is 342 g/mol. The third-order valence-electron chi connectivity index (χ3n) is 5.16. The van der Waals surface area contributed by atoms with Gasteiger partial charge in [0.1, 0.15) is 5.75 Å². The van der Waals surface area contributed by atoms with E-state index in [0.717, 1.165) is 28.3 Å². The van der Waals surface area contributed by atoms with Crippen molar-refractivity contribution in [2.24, 2.45) is 0 Å². The summed E-state index contributed by atoms with van der Waals surface area (Å²) in [6, 6.07) is 29.1. The summed E-state index contributed by atoms with van der Waals surface area (Å²) < 4.78 is 5.32. The van der Waals surface area contributed by atoms with Gasteiger partial charge < -0.3 is 4.74 Å². The van der Waals surface area contributed by atoms with Crippen LogP contribution in [0.2, 0.25) is 0 Å². The van der Waals surface area contributed by atoms with Crippen molar-refractivity contribution >= 4 is 0 Å². The summed E-state index contributed by atoms with van der Waals surface area (Å²) in [7, 11) is 1.69. The van der Waals surface area contributed by atoms with Crippen LogP contribution in [0.5, 0.6) is 5.75 Å². The molecule has 0 bridgehead atoms. The van der Waals surface area contributed by atoms with E-state index in [9.17, 15) is 0 Å². The monoisotopic (exact) mass is 365 g/mol. The predicted octanol–water partition coefficient (Wildman–Crippen LogP) is 6.71. The minimum Gasteiger partial charge on any atom is -0.497 e.